The number of hydrogen-bond donors (Lipinski definition) is 3. The highest BCUT2D eigenvalue weighted by molar-refractivity contribution is 4.89. The molecule has 7 heteroatoms. The van der Waals surface area contributed by atoms with Gasteiger partial charge in [-0.2, -0.15) is 0 Å². The monoisotopic (exact) mass is 293 g/mol. The van der Waals surface area contributed by atoms with Crippen LogP contribution in [0.1, 0.15) is 27.7 Å². The van der Waals surface area contributed by atoms with Crippen LogP contribution in [0.15, 0.2) is 0 Å². The molecule has 1 aliphatic heterocycles. The fraction of sp³-hybridized carbons (Fsp3) is 1.00. The summed E-state index contributed by atoms with van der Waals surface area (Å²) < 4.78 is 21.5. The van der Waals surface area contributed by atoms with Crippen LogP contribution in [0.2, 0.25) is 0 Å². The van der Waals surface area contributed by atoms with Gasteiger partial charge >= 0.3 is 0 Å². The van der Waals surface area contributed by atoms with Gasteiger partial charge in [-0.05, 0) is 27.7 Å². The number of aliphatic hydroxyl groups is 2. The van der Waals surface area contributed by atoms with Gasteiger partial charge in [0.05, 0.1) is 12.6 Å². The predicted molar refractivity (Wildman–Crippen MR) is 71.9 cm³/mol. The molecule has 0 saturated carbocycles. The van der Waals surface area contributed by atoms with E-state index in [9.17, 15) is 10.2 Å². The van der Waals surface area contributed by atoms with Crippen molar-refractivity contribution in [2.75, 3.05) is 19.8 Å². The van der Waals surface area contributed by atoms with Crippen molar-refractivity contribution < 1.29 is 29.2 Å². The molecule has 0 aromatic heterocycles. The number of hydrogen-bond acceptors (Lipinski definition) is 7. The van der Waals surface area contributed by atoms with E-state index in [1.165, 1.54) is 0 Å². The summed E-state index contributed by atoms with van der Waals surface area (Å²) >= 11 is 0. The summed E-state index contributed by atoms with van der Waals surface area (Å²) in [6.07, 6.45) is -3.81. The lowest BCUT2D eigenvalue weighted by Gasteiger charge is -2.31. The maximum atomic E-state index is 10.2. The van der Waals surface area contributed by atoms with Crippen LogP contribution >= 0.6 is 0 Å². The predicted octanol–water partition coefficient (Wildman–Crippen LogP) is -0.414. The molecule has 1 aliphatic rings. The van der Waals surface area contributed by atoms with E-state index in [1.807, 2.05) is 0 Å². The van der Waals surface area contributed by atoms with Crippen molar-refractivity contribution in [3.63, 3.8) is 0 Å². The van der Waals surface area contributed by atoms with Crippen LogP contribution in [0.4, 0.5) is 0 Å². The largest absolute Gasteiger partial charge is 0.388 e. The number of nitrogens with two attached hydrogens (primary N) is 1. The Hall–Kier alpha value is -0.280. The van der Waals surface area contributed by atoms with E-state index >= 15 is 0 Å². The second-order valence-corrected chi connectivity index (χ2v) is 5.20. The molecule has 0 bridgehead atoms. The Balaban J connectivity index is 2.60. The molecule has 0 amide bonds. The summed E-state index contributed by atoms with van der Waals surface area (Å²) in [6.45, 7) is 8.10. The minimum Gasteiger partial charge on any atom is -0.388 e. The summed E-state index contributed by atoms with van der Waals surface area (Å²) in [5, 5.41) is 20.3. The number of aliphatic hydroxyl groups excluding tert-OH is 2. The van der Waals surface area contributed by atoms with E-state index in [0.29, 0.717) is 13.2 Å². The van der Waals surface area contributed by atoms with Gasteiger partial charge in [0.25, 0.3) is 0 Å². The van der Waals surface area contributed by atoms with Crippen molar-refractivity contribution in [3.05, 3.63) is 0 Å². The molecule has 1 rings (SSSR count). The Morgan fingerprint density at radius 1 is 1.25 bits per heavy atom. The normalized spacial score (nSPS) is 26.7. The van der Waals surface area contributed by atoms with Crippen LogP contribution in [-0.4, -0.2) is 66.5 Å². The van der Waals surface area contributed by atoms with Crippen molar-refractivity contribution in [1.29, 1.82) is 0 Å². The summed E-state index contributed by atoms with van der Waals surface area (Å²) in [4.78, 5) is 0. The summed E-state index contributed by atoms with van der Waals surface area (Å²) in [5.41, 5.74) is 5.91. The summed E-state index contributed by atoms with van der Waals surface area (Å²) in [6, 6.07) is -0.878. The zero-order chi connectivity index (χ0) is 15.3. The van der Waals surface area contributed by atoms with Crippen molar-refractivity contribution in [2.24, 2.45) is 5.73 Å². The lowest BCUT2D eigenvalue weighted by molar-refractivity contribution is -0.189. The first-order chi connectivity index (χ1) is 9.32. The lowest BCUT2D eigenvalue weighted by atomic mass is 10.0. The lowest BCUT2D eigenvalue weighted by Crippen LogP contribution is -2.55. The third kappa shape index (κ3) is 4.63. The van der Waals surface area contributed by atoms with Gasteiger partial charge in [-0.25, -0.2) is 0 Å². The quantitative estimate of drug-likeness (QED) is 0.522. The highest BCUT2D eigenvalue weighted by Gasteiger charge is 2.42. The maximum absolute atomic E-state index is 10.2. The van der Waals surface area contributed by atoms with Crippen molar-refractivity contribution in [1.82, 2.24) is 0 Å². The van der Waals surface area contributed by atoms with Crippen LogP contribution in [0.3, 0.4) is 0 Å². The van der Waals surface area contributed by atoms with Crippen LogP contribution in [0, 0.1) is 0 Å². The van der Waals surface area contributed by atoms with E-state index in [2.05, 4.69) is 0 Å². The Morgan fingerprint density at radius 3 is 2.20 bits per heavy atom. The molecule has 120 valence electrons. The number of rotatable bonds is 8. The zero-order valence-electron chi connectivity index (χ0n) is 12.6. The first-order valence-electron chi connectivity index (χ1n) is 6.99. The van der Waals surface area contributed by atoms with E-state index in [-0.39, 0.29) is 6.61 Å². The van der Waals surface area contributed by atoms with Crippen LogP contribution in [0.25, 0.3) is 0 Å². The van der Waals surface area contributed by atoms with Gasteiger partial charge in [0.2, 0.25) is 0 Å². The van der Waals surface area contributed by atoms with Crippen LogP contribution in [-0.2, 0) is 18.9 Å². The van der Waals surface area contributed by atoms with Crippen molar-refractivity contribution >= 4 is 0 Å². The molecule has 4 N–H and O–H groups in total. The van der Waals surface area contributed by atoms with Crippen LogP contribution in [0.5, 0.6) is 0 Å². The minimum atomic E-state index is -1.24. The molecule has 0 radical (unpaired) electrons. The zero-order valence-corrected chi connectivity index (χ0v) is 12.6. The fourth-order valence-corrected chi connectivity index (χ4v) is 2.09. The Labute approximate surface area is 119 Å². The Kier molecular flexibility index (Phi) is 6.80. The van der Waals surface area contributed by atoms with Crippen molar-refractivity contribution in [2.45, 2.75) is 64.1 Å². The van der Waals surface area contributed by atoms with Gasteiger partial charge in [0.1, 0.15) is 18.3 Å². The molecule has 0 aromatic carbocycles. The molecule has 1 fully saturated rings. The van der Waals surface area contributed by atoms with Crippen molar-refractivity contribution in [3.8, 4) is 0 Å². The molecule has 0 aromatic rings. The van der Waals surface area contributed by atoms with Gasteiger partial charge in [-0.3, -0.25) is 0 Å². The molecule has 0 aliphatic carbocycles. The van der Waals surface area contributed by atoms with E-state index in [4.69, 9.17) is 24.7 Å². The third-order valence-corrected chi connectivity index (χ3v) is 3.13. The second-order valence-electron chi connectivity index (χ2n) is 5.20. The molecule has 0 spiro atoms. The third-order valence-electron chi connectivity index (χ3n) is 3.13. The van der Waals surface area contributed by atoms with Gasteiger partial charge in [-0.15, -0.1) is 0 Å². The first-order valence-corrected chi connectivity index (χ1v) is 6.99. The van der Waals surface area contributed by atoms with Gasteiger partial charge in [-0.1, -0.05) is 0 Å². The molecule has 4 atom stereocenters. The molecule has 1 heterocycles. The topological polar surface area (TPSA) is 103 Å². The molecular weight excluding hydrogens is 266 g/mol. The average molecular weight is 293 g/mol. The average Bonchev–Trinajstić information content (AvgIpc) is 2.76. The molecule has 20 heavy (non-hydrogen) atoms. The number of ether oxygens (including phenoxy) is 4. The van der Waals surface area contributed by atoms with Crippen LogP contribution < -0.4 is 5.73 Å². The standard InChI is InChI=1S/C13H27NO6/c1-5-17-12(18-6-2)9(14)11(16)10(15)8-7-19-13(3,4)20-8/h8-12,15-16H,5-7,14H2,1-4H3/t8-,9-,10+,11-/m1/s1. The molecular formula is C13H27NO6. The first kappa shape index (κ1) is 17.8. The Bertz CT molecular complexity index is 274. The van der Waals surface area contributed by atoms with E-state index < -0.39 is 36.4 Å². The molecule has 7 nitrogen and oxygen atoms in total. The highest BCUT2D eigenvalue weighted by Crippen LogP contribution is 2.26. The SMILES string of the molecule is CCOC(OCC)[C@H](N)[C@@H](O)[C@@H](O)[C@H]1COC(C)(C)O1. The van der Waals surface area contributed by atoms with E-state index in [0.717, 1.165) is 0 Å². The second kappa shape index (κ2) is 7.65. The van der Waals surface area contributed by atoms with E-state index in [1.54, 1.807) is 27.7 Å². The summed E-state index contributed by atoms with van der Waals surface area (Å²) in [7, 11) is 0. The van der Waals surface area contributed by atoms with Gasteiger partial charge in [0, 0.05) is 13.2 Å². The molecule has 0 unspecified atom stereocenters. The fourth-order valence-electron chi connectivity index (χ4n) is 2.09. The molecule has 1 saturated heterocycles. The minimum absolute atomic E-state index is 0.200. The van der Waals surface area contributed by atoms with Gasteiger partial charge in [0.15, 0.2) is 12.1 Å². The maximum Gasteiger partial charge on any atom is 0.175 e. The summed E-state index contributed by atoms with van der Waals surface area (Å²) in [5.74, 6) is -0.769. The van der Waals surface area contributed by atoms with Gasteiger partial charge < -0.3 is 34.9 Å². The smallest absolute Gasteiger partial charge is 0.175 e. The highest BCUT2D eigenvalue weighted by atomic mass is 16.7. The Morgan fingerprint density at radius 2 is 1.80 bits per heavy atom.